The van der Waals surface area contributed by atoms with E-state index < -0.39 is 0 Å². The second-order valence-corrected chi connectivity index (χ2v) is 7.28. The Kier molecular flexibility index (Phi) is 6.75. The first-order valence-corrected chi connectivity index (χ1v) is 9.70. The van der Waals surface area contributed by atoms with Crippen LogP contribution in [-0.2, 0) is 13.0 Å². The van der Waals surface area contributed by atoms with Crippen LogP contribution in [0.15, 0.2) is 24.3 Å². The van der Waals surface area contributed by atoms with Crippen molar-refractivity contribution in [3.8, 4) is 0 Å². The maximum absolute atomic E-state index is 3.83. The molecule has 1 aliphatic rings. The highest BCUT2D eigenvalue weighted by atomic mass is 79.9. The molecule has 21 heavy (non-hydrogen) atoms. The van der Waals surface area contributed by atoms with E-state index in [1.54, 1.807) is 11.1 Å². The first-order valence-electron chi connectivity index (χ1n) is 8.58. The lowest BCUT2D eigenvalue weighted by Gasteiger charge is -2.37. The molecular weight excluding hydrogens is 322 g/mol. The Morgan fingerprint density at radius 2 is 1.76 bits per heavy atom. The molecule has 0 aromatic heterocycles. The average Bonchev–Trinajstić information content (AvgIpc) is 2.69. The van der Waals surface area contributed by atoms with Crippen molar-refractivity contribution in [2.45, 2.75) is 58.9 Å². The maximum atomic E-state index is 3.83. The Balaban J connectivity index is 2.10. The molecule has 0 bridgehead atoms. The molecule has 0 amide bonds. The van der Waals surface area contributed by atoms with Gasteiger partial charge < -0.3 is 0 Å². The van der Waals surface area contributed by atoms with Crippen LogP contribution in [-0.4, -0.2) is 23.3 Å². The summed E-state index contributed by atoms with van der Waals surface area (Å²) in [4.78, 5) is 2.71. The molecule has 0 atom stereocenters. The van der Waals surface area contributed by atoms with Gasteiger partial charge in [0.05, 0.1) is 0 Å². The minimum Gasteiger partial charge on any atom is -0.298 e. The Morgan fingerprint density at radius 3 is 2.38 bits per heavy atom. The quantitative estimate of drug-likeness (QED) is 0.593. The van der Waals surface area contributed by atoms with E-state index in [9.17, 15) is 0 Å². The summed E-state index contributed by atoms with van der Waals surface area (Å²) < 4.78 is 0. The van der Waals surface area contributed by atoms with E-state index in [2.05, 4.69) is 58.9 Å². The third-order valence-electron chi connectivity index (χ3n) is 4.84. The van der Waals surface area contributed by atoms with Crippen molar-refractivity contribution in [2.24, 2.45) is 5.41 Å². The summed E-state index contributed by atoms with van der Waals surface area (Å²) in [5, 5.41) is 1.14. The molecule has 0 saturated heterocycles. The number of halogens is 1. The van der Waals surface area contributed by atoms with Gasteiger partial charge in [0.25, 0.3) is 0 Å². The maximum Gasteiger partial charge on any atom is 0.0236 e. The second kappa shape index (κ2) is 8.33. The van der Waals surface area contributed by atoms with Crippen LogP contribution in [0.2, 0.25) is 0 Å². The zero-order valence-corrected chi connectivity index (χ0v) is 15.3. The average molecular weight is 352 g/mol. The molecule has 0 spiro atoms. The van der Waals surface area contributed by atoms with Crippen LogP contribution >= 0.6 is 15.9 Å². The molecular formula is C19H30BrN. The molecule has 0 saturated carbocycles. The lowest BCUT2D eigenvalue weighted by atomic mass is 9.80. The third-order valence-corrected chi connectivity index (χ3v) is 6.03. The van der Waals surface area contributed by atoms with Crippen LogP contribution in [0.25, 0.3) is 0 Å². The van der Waals surface area contributed by atoms with E-state index in [1.807, 2.05) is 0 Å². The normalized spacial score (nSPS) is 16.5. The Bertz CT molecular complexity index is 423. The van der Waals surface area contributed by atoms with Gasteiger partial charge in [0, 0.05) is 18.4 Å². The Hall–Kier alpha value is -0.340. The molecule has 0 radical (unpaired) electrons. The smallest absolute Gasteiger partial charge is 0.0236 e. The lowest BCUT2D eigenvalue weighted by Crippen LogP contribution is -2.39. The fourth-order valence-corrected chi connectivity index (χ4v) is 4.64. The summed E-state index contributed by atoms with van der Waals surface area (Å²) in [6.07, 6.45) is 7.80. The van der Waals surface area contributed by atoms with Gasteiger partial charge in [0.1, 0.15) is 0 Å². The highest BCUT2D eigenvalue weighted by Gasteiger charge is 2.30. The predicted molar refractivity (Wildman–Crippen MR) is 96.1 cm³/mol. The standard InChI is InChI=1S/C19H30BrN/c1-3-11-19(15-20,12-4-2)16-21-13-7-10-17-8-5-6-9-18(17)14-21/h5-6,8-9H,3-4,7,10-16H2,1-2H3. The Labute approximate surface area is 139 Å². The van der Waals surface area contributed by atoms with Crippen LogP contribution in [0.4, 0.5) is 0 Å². The van der Waals surface area contributed by atoms with Gasteiger partial charge in [-0.3, -0.25) is 4.90 Å². The second-order valence-electron chi connectivity index (χ2n) is 6.72. The molecule has 1 aromatic carbocycles. The summed E-state index contributed by atoms with van der Waals surface area (Å²) in [6, 6.07) is 9.02. The molecule has 1 heterocycles. The van der Waals surface area contributed by atoms with Crippen molar-refractivity contribution in [3.63, 3.8) is 0 Å². The van der Waals surface area contributed by atoms with E-state index in [0.717, 1.165) is 11.9 Å². The minimum atomic E-state index is 0.461. The zero-order chi connectivity index (χ0) is 15.1. The van der Waals surface area contributed by atoms with Crippen molar-refractivity contribution in [3.05, 3.63) is 35.4 Å². The first kappa shape index (κ1) is 17.0. The van der Waals surface area contributed by atoms with E-state index in [0.29, 0.717) is 5.41 Å². The summed E-state index contributed by atoms with van der Waals surface area (Å²) >= 11 is 3.83. The number of alkyl halides is 1. The number of rotatable bonds is 7. The van der Waals surface area contributed by atoms with Gasteiger partial charge >= 0.3 is 0 Å². The van der Waals surface area contributed by atoms with Crippen molar-refractivity contribution < 1.29 is 0 Å². The van der Waals surface area contributed by atoms with E-state index in [4.69, 9.17) is 0 Å². The molecule has 0 N–H and O–H groups in total. The largest absolute Gasteiger partial charge is 0.298 e. The lowest BCUT2D eigenvalue weighted by molar-refractivity contribution is 0.142. The van der Waals surface area contributed by atoms with Crippen molar-refractivity contribution in [1.29, 1.82) is 0 Å². The van der Waals surface area contributed by atoms with Crippen LogP contribution in [0, 0.1) is 5.41 Å². The van der Waals surface area contributed by atoms with Crippen molar-refractivity contribution in [2.75, 3.05) is 18.4 Å². The molecule has 1 aromatic rings. The van der Waals surface area contributed by atoms with Gasteiger partial charge in [-0.15, -0.1) is 0 Å². The number of hydrogen-bond donors (Lipinski definition) is 0. The summed E-state index contributed by atoms with van der Waals surface area (Å²) in [5.41, 5.74) is 3.57. The number of aryl methyl sites for hydroxylation is 1. The molecule has 1 aliphatic heterocycles. The highest BCUT2D eigenvalue weighted by Crippen LogP contribution is 2.34. The summed E-state index contributed by atoms with van der Waals surface area (Å²) in [5.74, 6) is 0. The van der Waals surface area contributed by atoms with E-state index >= 15 is 0 Å². The topological polar surface area (TPSA) is 3.24 Å². The number of hydrogen-bond acceptors (Lipinski definition) is 1. The number of fused-ring (bicyclic) bond motifs is 1. The van der Waals surface area contributed by atoms with Crippen molar-refractivity contribution in [1.82, 2.24) is 4.90 Å². The molecule has 1 nitrogen and oxygen atoms in total. The highest BCUT2D eigenvalue weighted by molar-refractivity contribution is 9.09. The summed E-state index contributed by atoms with van der Waals surface area (Å²) in [6.45, 7) is 8.28. The zero-order valence-electron chi connectivity index (χ0n) is 13.7. The van der Waals surface area contributed by atoms with Gasteiger partial charge in [0.2, 0.25) is 0 Å². The molecule has 0 unspecified atom stereocenters. The summed E-state index contributed by atoms with van der Waals surface area (Å²) in [7, 11) is 0. The van der Waals surface area contributed by atoms with Gasteiger partial charge in [-0.2, -0.15) is 0 Å². The fraction of sp³-hybridized carbons (Fsp3) is 0.684. The molecule has 118 valence electrons. The molecule has 2 heteroatoms. The van der Waals surface area contributed by atoms with E-state index in [1.165, 1.54) is 51.6 Å². The van der Waals surface area contributed by atoms with Crippen LogP contribution in [0.5, 0.6) is 0 Å². The minimum absolute atomic E-state index is 0.461. The van der Waals surface area contributed by atoms with Gasteiger partial charge in [-0.05, 0) is 48.8 Å². The van der Waals surface area contributed by atoms with Gasteiger partial charge in [0.15, 0.2) is 0 Å². The predicted octanol–water partition coefficient (Wildman–Crippen LogP) is 5.42. The van der Waals surface area contributed by atoms with Crippen molar-refractivity contribution >= 4 is 15.9 Å². The van der Waals surface area contributed by atoms with Gasteiger partial charge in [-0.25, -0.2) is 0 Å². The van der Waals surface area contributed by atoms with Crippen LogP contribution in [0.3, 0.4) is 0 Å². The fourth-order valence-electron chi connectivity index (χ4n) is 3.90. The monoisotopic (exact) mass is 351 g/mol. The van der Waals surface area contributed by atoms with Gasteiger partial charge in [-0.1, -0.05) is 66.9 Å². The SMILES string of the molecule is CCCC(CBr)(CCC)CN1CCCc2ccccc2C1. The Morgan fingerprint density at radius 1 is 1.10 bits per heavy atom. The molecule has 0 fully saturated rings. The number of nitrogens with zero attached hydrogens (tertiary/aromatic N) is 1. The number of benzene rings is 1. The third kappa shape index (κ3) is 4.56. The van der Waals surface area contributed by atoms with Crippen LogP contribution < -0.4 is 0 Å². The molecule has 2 rings (SSSR count). The first-order chi connectivity index (χ1) is 10.2. The van der Waals surface area contributed by atoms with Crippen LogP contribution in [0.1, 0.15) is 57.1 Å². The van der Waals surface area contributed by atoms with E-state index in [-0.39, 0.29) is 0 Å². The molecule has 0 aliphatic carbocycles.